The molecule has 1 aliphatic carbocycles. The number of hydrogen-bond donors (Lipinski definition) is 2. The van der Waals surface area contributed by atoms with E-state index in [1.807, 2.05) is 6.92 Å². The molecule has 0 radical (unpaired) electrons. The Balaban J connectivity index is 2.19. The zero-order chi connectivity index (χ0) is 13.9. The number of pyridine rings is 1. The van der Waals surface area contributed by atoms with Crippen LogP contribution in [0.2, 0.25) is 0 Å². The Bertz CT molecular complexity index is 612. The second-order valence-electron chi connectivity index (χ2n) is 4.62. The molecular formula is C13H16N2O3S. The van der Waals surface area contributed by atoms with Crippen LogP contribution in [0.4, 0.5) is 0 Å². The average Bonchev–Trinajstić information content (AvgIpc) is 3.20. The Morgan fingerprint density at radius 3 is 2.89 bits per heavy atom. The van der Waals surface area contributed by atoms with Crippen molar-refractivity contribution in [1.29, 1.82) is 0 Å². The highest BCUT2D eigenvalue weighted by molar-refractivity contribution is 7.89. The van der Waals surface area contributed by atoms with E-state index in [9.17, 15) is 8.42 Å². The van der Waals surface area contributed by atoms with Crippen LogP contribution in [0.15, 0.2) is 23.4 Å². The van der Waals surface area contributed by atoms with Crippen LogP contribution in [0.25, 0.3) is 0 Å². The predicted octanol–water partition coefficient (Wildman–Crippen LogP) is 0.502. The first-order chi connectivity index (χ1) is 9.03. The van der Waals surface area contributed by atoms with E-state index < -0.39 is 10.0 Å². The summed E-state index contributed by atoms with van der Waals surface area (Å²) in [5, 5.41) is 8.62. The minimum absolute atomic E-state index is 0.0582. The minimum Gasteiger partial charge on any atom is -0.384 e. The second-order valence-corrected chi connectivity index (χ2v) is 6.33. The van der Waals surface area contributed by atoms with Crippen LogP contribution in [0.5, 0.6) is 0 Å². The Morgan fingerprint density at radius 2 is 2.26 bits per heavy atom. The largest absolute Gasteiger partial charge is 0.384 e. The van der Waals surface area contributed by atoms with Gasteiger partial charge in [0.1, 0.15) is 11.5 Å². The van der Waals surface area contributed by atoms with E-state index >= 15 is 0 Å². The summed E-state index contributed by atoms with van der Waals surface area (Å²) < 4.78 is 27.0. The van der Waals surface area contributed by atoms with Gasteiger partial charge in [0.25, 0.3) is 0 Å². The number of rotatable bonds is 4. The summed E-state index contributed by atoms with van der Waals surface area (Å²) in [5.74, 6) is 5.55. The van der Waals surface area contributed by atoms with Crippen LogP contribution in [0.1, 0.15) is 25.3 Å². The van der Waals surface area contributed by atoms with Gasteiger partial charge in [-0.25, -0.2) is 13.1 Å². The maximum Gasteiger partial charge on any atom is 0.242 e. The van der Waals surface area contributed by atoms with Gasteiger partial charge in [0.15, 0.2) is 0 Å². The number of nitrogens with zero attached hydrogens (tertiary/aromatic N) is 1. The molecule has 0 amide bonds. The fraction of sp³-hybridized carbons (Fsp3) is 0.462. The van der Waals surface area contributed by atoms with E-state index in [4.69, 9.17) is 5.11 Å². The molecule has 1 aromatic rings. The molecule has 0 saturated heterocycles. The quantitative estimate of drug-likeness (QED) is 0.787. The summed E-state index contributed by atoms with van der Waals surface area (Å²) in [7, 11) is -3.55. The lowest BCUT2D eigenvalue weighted by atomic mass is 10.2. The predicted molar refractivity (Wildman–Crippen MR) is 70.7 cm³/mol. The molecule has 0 bridgehead atoms. The van der Waals surface area contributed by atoms with Gasteiger partial charge in [-0.05, 0) is 31.7 Å². The zero-order valence-corrected chi connectivity index (χ0v) is 11.4. The molecule has 1 saturated carbocycles. The van der Waals surface area contributed by atoms with Crippen LogP contribution < -0.4 is 4.72 Å². The van der Waals surface area contributed by atoms with Crippen molar-refractivity contribution in [2.24, 2.45) is 5.92 Å². The SMILES string of the molecule is CC(NS(=O)(=O)c1cncc(C#CCO)c1)C1CC1. The Labute approximate surface area is 113 Å². The van der Waals surface area contributed by atoms with Gasteiger partial charge in [0, 0.05) is 24.0 Å². The molecular weight excluding hydrogens is 264 g/mol. The minimum atomic E-state index is -3.55. The fourth-order valence-corrected chi connectivity index (χ4v) is 3.08. The first-order valence-electron chi connectivity index (χ1n) is 6.10. The van der Waals surface area contributed by atoms with Crippen molar-refractivity contribution in [2.45, 2.75) is 30.7 Å². The zero-order valence-electron chi connectivity index (χ0n) is 10.6. The highest BCUT2D eigenvalue weighted by atomic mass is 32.2. The topological polar surface area (TPSA) is 79.3 Å². The summed E-state index contributed by atoms with van der Waals surface area (Å²) in [6, 6.07) is 1.40. The molecule has 5 nitrogen and oxygen atoms in total. The number of hydrogen-bond acceptors (Lipinski definition) is 4. The Morgan fingerprint density at radius 1 is 1.53 bits per heavy atom. The standard InChI is InChI=1S/C13H16N2O3S/c1-10(12-4-5-12)15-19(17,18)13-7-11(3-2-6-16)8-14-9-13/h7-10,12,15-16H,4-6H2,1H3. The normalized spacial score (nSPS) is 16.5. The molecule has 1 unspecified atom stereocenters. The van der Waals surface area contributed by atoms with E-state index in [1.165, 1.54) is 18.5 Å². The van der Waals surface area contributed by atoms with Gasteiger partial charge in [-0.15, -0.1) is 0 Å². The lowest BCUT2D eigenvalue weighted by Gasteiger charge is -2.13. The molecule has 0 aliphatic heterocycles. The molecule has 1 atom stereocenters. The van der Waals surface area contributed by atoms with E-state index in [0.717, 1.165) is 12.8 Å². The van der Waals surface area contributed by atoms with Crippen molar-refractivity contribution in [3.63, 3.8) is 0 Å². The van der Waals surface area contributed by atoms with Crippen molar-refractivity contribution in [1.82, 2.24) is 9.71 Å². The van der Waals surface area contributed by atoms with Gasteiger partial charge < -0.3 is 5.11 Å². The summed E-state index contributed by atoms with van der Waals surface area (Å²) in [6.07, 6.45) is 4.91. The number of aliphatic hydroxyl groups is 1. The van der Waals surface area contributed by atoms with E-state index in [2.05, 4.69) is 21.5 Å². The maximum absolute atomic E-state index is 12.2. The molecule has 2 rings (SSSR count). The van der Waals surface area contributed by atoms with Crippen molar-refractivity contribution >= 4 is 10.0 Å². The number of aliphatic hydroxyl groups excluding tert-OH is 1. The van der Waals surface area contributed by atoms with Gasteiger partial charge in [-0.3, -0.25) is 4.98 Å². The molecule has 6 heteroatoms. The van der Waals surface area contributed by atoms with Gasteiger partial charge >= 0.3 is 0 Å². The molecule has 1 fully saturated rings. The first-order valence-corrected chi connectivity index (χ1v) is 7.58. The average molecular weight is 280 g/mol. The van der Waals surface area contributed by atoms with E-state index in [-0.39, 0.29) is 17.5 Å². The number of nitrogens with one attached hydrogen (secondary N) is 1. The summed E-state index contributed by atoms with van der Waals surface area (Å²) in [4.78, 5) is 3.97. The number of aromatic nitrogens is 1. The van der Waals surface area contributed by atoms with Crippen LogP contribution in [-0.2, 0) is 10.0 Å². The van der Waals surface area contributed by atoms with Crippen LogP contribution in [-0.4, -0.2) is 31.2 Å². The van der Waals surface area contributed by atoms with E-state index in [1.54, 1.807) is 0 Å². The van der Waals surface area contributed by atoms with Crippen LogP contribution in [0, 0.1) is 17.8 Å². The maximum atomic E-state index is 12.2. The van der Waals surface area contributed by atoms with Gasteiger partial charge in [-0.2, -0.15) is 0 Å². The third-order valence-electron chi connectivity index (χ3n) is 3.01. The molecule has 0 aromatic carbocycles. The number of sulfonamides is 1. The molecule has 1 aromatic heterocycles. The third kappa shape index (κ3) is 3.77. The van der Waals surface area contributed by atoms with Crippen molar-refractivity contribution in [3.05, 3.63) is 24.0 Å². The monoisotopic (exact) mass is 280 g/mol. The first kappa shape index (κ1) is 14.0. The van der Waals surface area contributed by atoms with Crippen molar-refractivity contribution in [3.8, 4) is 11.8 Å². The lowest BCUT2D eigenvalue weighted by Crippen LogP contribution is -2.34. The molecule has 2 N–H and O–H groups in total. The summed E-state index contributed by atoms with van der Waals surface area (Å²) in [5.41, 5.74) is 0.469. The van der Waals surface area contributed by atoms with Crippen molar-refractivity contribution < 1.29 is 13.5 Å². The van der Waals surface area contributed by atoms with Crippen LogP contribution >= 0.6 is 0 Å². The lowest BCUT2D eigenvalue weighted by molar-refractivity contribution is 0.350. The molecule has 102 valence electrons. The summed E-state index contributed by atoms with van der Waals surface area (Å²) >= 11 is 0. The van der Waals surface area contributed by atoms with Crippen LogP contribution in [0.3, 0.4) is 0 Å². The van der Waals surface area contributed by atoms with Gasteiger partial charge in [0.2, 0.25) is 10.0 Å². The molecule has 1 heterocycles. The third-order valence-corrected chi connectivity index (χ3v) is 4.53. The summed E-state index contributed by atoms with van der Waals surface area (Å²) in [6.45, 7) is 1.60. The highest BCUT2D eigenvalue weighted by Gasteiger charge is 2.31. The van der Waals surface area contributed by atoms with Crippen molar-refractivity contribution in [2.75, 3.05) is 6.61 Å². The smallest absolute Gasteiger partial charge is 0.242 e. The highest BCUT2D eigenvalue weighted by Crippen LogP contribution is 2.32. The Hall–Kier alpha value is -1.42. The molecule has 0 spiro atoms. The molecule has 1 aliphatic rings. The van der Waals surface area contributed by atoms with E-state index in [0.29, 0.717) is 11.5 Å². The molecule has 19 heavy (non-hydrogen) atoms. The van der Waals surface area contributed by atoms with Gasteiger partial charge in [-0.1, -0.05) is 11.8 Å². The Kier molecular flexibility index (Phi) is 4.20. The fourth-order valence-electron chi connectivity index (χ4n) is 1.78. The second kappa shape index (κ2) is 5.70. The van der Waals surface area contributed by atoms with Gasteiger partial charge in [0.05, 0.1) is 0 Å².